The van der Waals surface area contributed by atoms with E-state index < -0.39 is 11.6 Å². The second-order valence-corrected chi connectivity index (χ2v) is 5.74. The largest absolute Gasteiger partial charge is 0.395 e. The smallest absolute Gasteiger partial charge is 0.226 e. The number of aliphatic hydroxyl groups is 1. The first-order chi connectivity index (χ1) is 10.7. The number of fused-ring (bicyclic) bond motifs is 1. The van der Waals surface area contributed by atoms with Gasteiger partial charge in [0.1, 0.15) is 0 Å². The Balaban J connectivity index is 0.00000192. The number of carbonyl (C=O) groups is 2. The molecule has 3 rings (SSSR count). The van der Waals surface area contributed by atoms with Crippen LogP contribution in [0.2, 0.25) is 0 Å². The van der Waals surface area contributed by atoms with Gasteiger partial charge < -0.3 is 5.11 Å². The Bertz CT molecular complexity index is 651. The topological polar surface area (TPSA) is 57.6 Å². The van der Waals surface area contributed by atoms with Crippen LogP contribution in [0.5, 0.6) is 0 Å². The Morgan fingerprint density at radius 1 is 1.09 bits per heavy atom. The molecule has 1 fully saturated rings. The lowest BCUT2D eigenvalue weighted by Crippen LogP contribution is -2.30. The van der Waals surface area contributed by atoms with Crippen LogP contribution in [-0.2, 0) is 9.59 Å². The lowest BCUT2D eigenvalue weighted by molar-refractivity contribution is -0.131. The zero-order chi connectivity index (χ0) is 15.5. The monoisotopic (exact) mass is 333 g/mol. The Morgan fingerprint density at radius 2 is 1.78 bits per heavy atom. The van der Waals surface area contributed by atoms with Crippen LogP contribution >= 0.6 is 12.4 Å². The van der Waals surface area contributed by atoms with E-state index in [-0.39, 0.29) is 24.9 Å². The molecule has 1 atom stereocenters. The van der Waals surface area contributed by atoms with E-state index in [1.807, 2.05) is 30.3 Å². The molecule has 1 N–H and O–H groups in total. The maximum atomic E-state index is 11.8. The van der Waals surface area contributed by atoms with E-state index in [1.54, 1.807) is 0 Å². The van der Waals surface area contributed by atoms with Crippen molar-refractivity contribution >= 4 is 24.0 Å². The van der Waals surface area contributed by atoms with Crippen LogP contribution in [0, 0.1) is 0 Å². The molecule has 5 heteroatoms. The van der Waals surface area contributed by atoms with Crippen molar-refractivity contribution in [1.82, 2.24) is 4.90 Å². The first kappa shape index (κ1) is 17.6. The number of hydrogen-bond donors (Lipinski definition) is 1. The third kappa shape index (κ3) is 3.78. The summed E-state index contributed by atoms with van der Waals surface area (Å²) < 4.78 is 0. The molecule has 1 aliphatic carbocycles. The molecule has 0 saturated carbocycles. The Kier molecular flexibility index (Phi) is 5.88. The molecule has 1 saturated heterocycles. The molecule has 2 aliphatic rings. The average Bonchev–Trinajstić information content (AvgIpc) is 2.70. The fourth-order valence-electron chi connectivity index (χ4n) is 3.20. The molecule has 1 heterocycles. The number of aliphatic hydroxyl groups excluding tert-OH is 1. The zero-order valence-corrected chi connectivity index (χ0v) is 13.6. The van der Waals surface area contributed by atoms with Gasteiger partial charge in [0.25, 0.3) is 0 Å². The third-order valence-corrected chi connectivity index (χ3v) is 4.34. The van der Waals surface area contributed by atoms with Gasteiger partial charge in [0.2, 0.25) is 11.6 Å². The summed E-state index contributed by atoms with van der Waals surface area (Å²) in [4.78, 5) is 25.7. The fraction of sp³-hybridized carbons (Fsp3) is 0.333. The van der Waals surface area contributed by atoms with Gasteiger partial charge in [-0.25, -0.2) is 0 Å². The summed E-state index contributed by atoms with van der Waals surface area (Å²) in [5, 5.41) is 9.23. The summed E-state index contributed by atoms with van der Waals surface area (Å²) in [6, 6.07) is 10.0. The van der Waals surface area contributed by atoms with Crippen LogP contribution in [0.15, 0.2) is 53.6 Å². The number of rotatable bonds is 3. The van der Waals surface area contributed by atoms with Gasteiger partial charge in [0, 0.05) is 25.6 Å². The number of halogens is 1. The standard InChI is InChI=1S/C18H19NO3.ClH/c20-9-8-19-7-6-14-10-17(21)18(22)11-15(14)16(12-19)13-4-2-1-3-5-13;/h1-5,10-11,16,20H,6-9,12H2;1H. The molecule has 0 bridgehead atoms. The van der Waals surface area contributed by atoms with Crippen molar-refractivity contribution in [2.75, 3.05) is 26.2 Å². The highest BCUT2D eigenvalue weighted by Gasteiger charge is 2.30. The van der Waals surface area contributed by atoms with E-state index in [0.29, 0.717) is 6.54 Å². The summed E-state index contributed by atoms with van der Waals surface area (Å²) in [6.45, 7) is 2.24. The molecule has 4 nitrogen and oxygen atoms in total. The molecule has 23 heavy (non-hydrogen) atoms. The van der Waals surface area contributed by atoms with Gasteiger partial charge in [-0.3, -0.25) is 14.5 Å². The van der Waals surface area contributed by atoms with Gasteiger partial charge in [-0.05, 0) is 35.3 Å². The number of nitrogens with zero attached hydrogens (tertiary/aromatic N) is 1. The highest BCUT2D eigenvalue weighted by atomic mass is 35.5. The average molecular weight is 334 g/mol. The van der Waals surface area contributed by atoms with Gasteiger partial charge in [-0.2, -0.15) is 0 Å². The molecule has 0 radical (unpaired) electrons. The summed E-state index contributed by atoms with van der Waals surface area (Å²) in [5.41, 5.74) is 3.04. The van der Waals surface area contributed by atoms with Crippen molar-refractivity contribution in [3.8, 4) is 0 Å². The second kappa shape index (κ2) is 7.68. The van der Waals surface area contributed by atoms with Crippen LogP contribution in [0.1, 0.15) is 17.9 Å². The van der Waals surface area contributed by atoms with Gasteiger partial charge in [0.05, 0.1) is 6.61 Å². The van der Waals surface area contributed by atoms with Crippen LogP contribution < -0.4 is 0 Å². The number of hydrogen-bond acceptors (Lipinski definition) is 4. The van der Waals surface area contributed by atoms with Crippen LogP contribution in [0.3, 0.4) is 0 Å². The number of allylic oxidation sites excluding steroid dienone is 2. The van der Waals surface area contributed by atoms with Crippen LogP contribution in [-0.4, -0.2) is 47.8 Å². The minimum atomic E-state index is -0.435. The Hall–Kier alpha value is -1.75. The first-order valence-corrected chi connectivity index (χ1v) is 7.58. The first-order valence-electron chi connectivity index (χ1n) is 7.58. The molecule has 0 spiro atoms. The molecule has 1 aromatic rings. The SMILES string of the molecule is Cl.O=C1C=C2CCN(CCO)CC(c3ccccc3)C2=CC1=O. The molecule has 122 valence electrons. The highest BCUT2D eigenvalue weighted by Crippen LogP contribution is 2.36. The molecule has 1 unspecified atom stereocenters. The van der Waals surface area contributed by atoms with Gasteiger partial charge in [-0.15, -0.1) is 12.4 Å². The van der Waals surface area contributed by atoms with Crippen molar-refractivity contribution in [3.05, 3.63) is 59.2 Å². The number of β-amino-alcohol motifs (C(OH)–C–C–N with tert-alkyl or cyclic N) is 1. The summed E-state index contributed by atoms with van der Waals surface area (Å²) in [7, 11) is 0. The van der Waals surface area contributed by atoms with Crippen LogP contribution in [0.25, 0.3) is 0 Å². The Labute approximate surface area is 141 Å². The lowest BCUT2D eigenvalue weighted by atomic mass is 9.82. The third-order valence-electron chi connectivity index (χ3n) is 4.34. The van der Waals surface area contributed by atoms with Crippen molar-refractivity contribution in [1.29, 1.82) is 0 Å². The minimum absolute atomic E-state index is 0. The molecule has 1 aromatic carbocycles. The summed E-state index contributed by atoms with van der Waals surface area (Å²) in [6.07, 6.45) is 3.74. The van der Waals surface area contributed by atoms with Crippen LogP contribution in [0.4, 0.5) is 0 Å². The second-order valence-electron chi connectivity index (χ2n) is 5.74. The Morgan fingerprint density at radius 3 is 2.48 bits per heavy atom. The van der Waals surface area contributed by atoms with Crippen molar-refractivity contribution in [2.24, 2.45) is 0 Å². The van der Waals surface area contributed by atoms with Crippen molar-refractivity contribution in [2.45, 2.75) is 12.3 Å². The summed E-state index contributed by atoms with van der Waals surface area (Å²) in [5.74, 6) is -0.810. The van der Waals surface area contributed by atoms with Crippen molar-refractivity contribution < 1.29 is 14.7 Å². The maximum Gasteiger partial charge on any atom is 0.226 e. The predicted octanol–water partition coefficient (Wildman–Crippen LogP) is 1.89. The van der Waals surface area contributed by atoms with E-state index in [2.05, 4.69) is 4.90 Å². The van der Waals surface area contributed by atoms with E-state index in [9.17, 15) is 14.7 Å². The molecular weight excluding hydrogens is 314 g/mol. The summed E-state index contributed by atoms with van der Waals surface area (Å²) >= 11 is 0. The van der Waals surface area contributed by atoms with E-state index in [4.69, 9.17) is 0 Å². The molecule has 0 aromatic heterocycles. The minimum Gasteiger partial charge on any atom is -0.395 e. The van der Waals surface area contributed by atoms with Gasteiger partial charge in [0.15, 0.2) is 0 Å². The predicted molar refractivity (Wildman–Crippen MR) is 90.8 cm³/mol. The van der Waals surface area contributed by atoms with Crippen molar-refractivity contribution in [3.63, 3.8) is 0 Å². The molecular formula is C18H20ClNO3. The van der Waals surface area contributed by atoms with E-state index in [0.717, 1.165) is 36.2 Å². The number of benzene rings is 1. The number of likely N-dealkylation sites (tertiary alicyclic amines) is 1. The van der Waals surface area contributed by atoms with E-state index >= 15 is 0 Å². The zero-order valence-electron chi connectivity index (χ0n) is 12.8. The lowest BCUT2D eigenvalue weighted by Gasteiger charge is -2.25. The molecule has 0 amide bonds. The normalized spacial score (nSPS) is 21.7. The van der Waals surface area contributed by atoms with Gasteiger partial charge >= 0.3 is 0 Å². The molecule has 1 aliphatic heterocycles. The fourth-order valence-corrected chi connectivity index (χ4v) is 3.20. The number of carbonyl (C=O) groups excluding carboxylic acids is 2. The number of ketones is 2. The highest BCUT2D eigenvalue weighted by molar-refractivity contribution is 6.46. The quantitative estimate of drug-likeness (QED) is 0.678. The van der Waals surface area contributed by atoms with Gasteiger partial charge in [-0.1, -0.05) is 30.3 Å². The maximum absolute atomic E-state index is 11.8. The van der Waals surface area contributed by atoms with E-state index in [1.165, 1.54) is 12.2 Å².